The van der Waals surface area contributed by atoms with Crippen LogP contribution in [0.15, 0.2) is 87.6 Å². The van der Waals surface area contributed by atoms with Crippen LogP contribution in [0.4, 0.5) is 5.82 Å². The second kappa shape index (κ2) is 12.0. The fraction of sp³-hybridized carbons (Fsp3) is 0.281. The van der Waals surface area contributed by atoms with Crippen LogP contribution < -0.4 is 5.69 Å². The number of aryl methyl sites for hydroxylation is 1. The first-order chi connectivity index (χ1) is 18.3. The predicted molar refractivity (Wildman–Crippen MR) is 159 cm³/mol. The lowest BCUT2D eigenvalue weighted by Gasteiger charge is -2.13. The summed E-state index contributed by atoms with van der Waals surface area (Å²) in [6.07, 6.45) is 1.04. The van der Waals surface area contributed by atoms with Crippen molar-refractivity contribution < 1.29 is 0 Å². The topological polar surface area (TPSA) is 65.8 Å². The maximum absolute atomic E-state index is 12.9. The molecule has 0 radical (unpaired) electrons. The summed E-state index contributed by atoms with van der Waals surface area (Å²) in [7, 11) is 4.19. The highest BCUT2D eigenvalue weighted by atomic mass is 16.1. The average molecular weight is 508 g/mol. The van der Waals surface area contributed by atoms with E-state index in [-0.39, 0.29) is 5.69 Å². The highest BCUT2D eigenvalue weighted by Crippen LogP contribution is 2.25. The van der Waals surface area contributed by atoms with E-state index in [1.54, 1.807) is 4.57 Å². The van der Waals surface area contributed by atoms with E-state index < -0.39 is 0 Å². The molecule has 0 spiro atoms. The zero-order valence-corrected chi connectivity index (χ0v) is 23.0. The zero-order valence-electron chi connectivity index (χ0n) is 23.0. The Bertz CT molecular complexity index is 1470. The summed E-state index contributed by atoms with van der Waals surface area (Å²) in [6, 6.07) is 25.1. The molecule has 4 rings (SSSR count). The molecule has 1 heterocycles. The molecule has 6 nitrogen and oxygen atoms in total. The number of amidine groups is 1. The molecule has 0 atom stereocenters. The highest BCUT2D eigenvalue weighted by Gasteiger charge is 2.15. The molecule has 1 aromatic heterocycles. The van der Waals surface area contributed by atoms with Gasteiger partial charge in [-0.15, -0.1) is 0 Å². The second-order valence-corrected chi connectivity index (χ2v) is 10.2. The minimum absolute atomic E-state index is 0.195. The van der Waals surface area contributed by atoms with Gasteiger partial charge in [0.15, 0.2) is 11.7 Å². The van der Waals surface area contributed by atoms with Gasteiger partial charge in [-0.05, 0) is 67.9 Å². The quantitative estimate of drug-likeness (QED) is 0.216. The smallest absolute Gasteiger partial charge is 0.309 e. The standard InChI is InChI=1S/C32H37N5O/c1-22(2)28-9-7-8-10-29(28)30(33-4)35-31-23(3)34-32(38)37(31)21-25-13-17-27(18-14-25)26-15-11-24(12-16-26)19-20-36(5)6/h7-18,22H,4,19-21H2,1-3,5-6H3,(H,34,38). The Hall–Kier alpha value is -4.03. The fourth-order valence-electron chi connectivity index (χ4n) is 4.56. The van der Waals surface area contributed by atoms with Gasteiger partial charge in [-0.3, -0.25) is 4.57 Å². The van der Waals surface area contributed by atoms with E-state index in [1.807, 2.05) is 25.1 Å². The van der Waals surface area contributed by atoms with E-state index in [9.17, 15) is 4.79 Å². The zero-order chi connectivity index (χ0) is 27.2. The SMILES string of the molecule is C=NC(=Nc1c(C)[nH]c(=O)n1Cc1ccc(-c2ccc(CCN(C)C)cc2)cc1)c1ccccc1C(C)C. The lowest BCUT2D eigenvalue weighted by molar-refractivity contribution is 0.413. The number of aromatic amines is 1. The number of aromatic nitrogens is 2. The van der Waals surface area contributed by atoms with Gasteiger partial charge in [0, 0.05) is 12.1 Å². The summed E-state index contributed by atoms with van der Waals surface area (Å²) in [6.45, 7) is 11.3. The summed E-state index contributed by atoms with van der Waals surface area (Å²) in [4.78, 5) is 27.0. The summed E-state index contributed by atoms with van der Waals surface area (Å²) >= 11 is 0. The van der Waals surface area contributed by atoms with Crippen molar-refractivity contribution in [2.24, 2.45) is 9.98 Å². The number of hydrogen-bond acceptors (Lipinski definition) is 3. The maximum atomic E-state index is 12.9. The van der Waals surface area contributed by atoms with Gasteiger partial charge < -0.3 is 9.88 Å². The van der Waals surface area contributed by atoms with Crippen LogP contribution in [0.2, 0.25) is 0 Å². The lowest BCUT2D eigenvalue weighted by atomic mass is 9.96. The van der Waals surface area contributed by atoms with E-state index in [1.165, 1.54) is 11.1 Å². The number of rotatable bonds is 9. The molecule has 1 N–H and O–H groups in total. The Morgan fingerprint density at radius 2 is 1.55 bits per heavy atom. The molecule has 3 aromatic carbocycles. The Kier molecular flexibility index (Phi) is 8.54. The number of H-pyrrole nitrogens is 1. The molecule has 0 saturated carbocycles. The largest absolute Gasteiger partial charge is 0.327 e. The van der Waals surface area contributed by atoms with Crippen molar-refractivity contribution in [1.82, 2.24) is 14.5 Å². The van der Waals surface area contributed by atoms with Gasteiger partial charge in [0.05, 0.1) is 12.2 Å². The van der Waals surface area contributed by atoms with Crippen molar-refractivity contribution in [2.45, 2.75) is 39.7 Å². The van der Waals surface area contributed by atoms with Crippen molar-refractivity contribution in [3.05, 3.63) is 111 Å². The van der Waals surface area contributed by atoms with Gasteiger partial charge in [0.2, 0.25) is 0 Å². The van der Waals surface area contributed by atoms with Gasteiger partial charge in [-0.2, -0.15) is 0 Å². The molecule has 0 fully saturated rings. The number of nitrogens with one attached hydrogen (secondary N) is 1. The van der Waals surface area contributed by atoms with Crippen LogP contribution in [0.25, 0.3) is 11.1 Å². The lowest BCUT2D eigenvalue weighted by Crippen LogP contribution is -2.17. The van der Waals surface area contributed by atoms with Gasteiger partial charge in [0.1, 0.15) is 0 Å². The number of likely N-dealkylation sites (N-methyl/N-ethyl adjacent to an activating group) is 1. The van der Waals surface area contributed by atoms with Crippen LogP contribution in [-0.2, 0) is 13.0 Å². The molecule has 196 valence electrons. The number of benzene rings is 3. The van der Waals surface area contributed by atoms with Crippen molar-refractivity contribution in [3.8, 4) is 11.1 Å². The Labute approximate surface area is 225 Å². The molecular formula is C32H37N5O. The van der Waals surface area contributed by atoms with Crippen LogP contribution >= 0.6 is 0 Å². The van der Waals surface area contributed by atoms with Crippen molar-refractivity contribution >= 4 is 18.4 Å². The highest BCUT2D eigenvalue weighted by molar-refractivity contribution is 6.04. The first-order valence-electron chi connectivity index (χ1n) is 13.0. The first kappa shape index (κ1) is 27.0. The molecule has 0 saturated heterocycles. The van der Waals surface area contributed by atoms with E-state index in [4.69, 9.17) is 4.99 Å². The molecule has 0 aliphatic carbocycles. The van der Waals surface area contributed by atoms with Crippen LogP contribution in [0, 0.1) is 6.92 Å². The van der Waals surface area contributed by atoms with E-state index >= 15 is 0 Å². The molecule has 0 unspecified atom stereocenters. The summed E-state index contributed by atoms with van der Waals surface area (Å²) in [5.74, 6) is 1.38. The van der Waals surface area contributed by atoms with Crippen LogP contribution in [-0.4, -0.2) is 47.6 Å². The molecule has 0 aliphatic rings. The molecular weight excluding hydrogens is 470 g/mol. The average Bonchev–Trinajstić information content (AvgIpc) is 3.18. The molecule has 0 amide bonds. The minimum Gasteiger partial charge on any atom is -0.309 e. The normalized spacial score (nSPS) is 11.9. The fourth-order valence-corrected chi connectivity index (χ4v) is 4.56. The third-order valence-corrected chi connectivity index (χ3v) is 6.75. The molecule has 0 aliphatic heterocycles. The summed E-state index contributed by atoms with van der Waals surface area (Å²) < 4.78 is 1.66. The molecule has 6 heteroatoms. The van der Waals surface area contributed by atoms with Gasteiger partial charge >= 0.3 is 5.69 Å². The van der Waals surface area contributed by atoms with Gasteiger partial charge in [0.25, 0.3) is 0 Å². The van der Waals surface area contributed by atoms with Crippen LogP contribution in [0.3, 0.4) is 0 Å². The van der Waals surface area contributed by atoms with Crippen molar-refractivity contribution in [1.29, 1.82) is 0 Å². The van der Waals surface area contributed by atoms with Gasteiger partial charge in [-0.1, -0.05) is 86.6 Å². The van der Waals surface area contributed by atoms with E-state index in [2.05, 4.69) is 104 Å². The molecule has 0 bridgehead atoms. The maximum Gasteiger partial charge on any atom is 0.327 e. The van der Waals surface area contributed by atoms with Crippen LogP contribution in [0.1, 0.15) is 47.7 Å². The van der Waals surface area contributed by atoms with Crippen LogP contribution in [0.5, 0.6) is 0 Å². The number of aliphatic imine (C=N–C) groups is 2. The molecule has 4 aromatic rings. The van der Waals surface area contributed by atoms with E-state index in [0.717, 1.165) is 35.2 Å². The summed E-state index contributed by atoms with van der Waals surface area (Å²) in [5.41, 5.74) is 7.24. The van der Waals surface area contributed by atoms with Crippen molar-refractivity contribution in [2.75, 3.05) is 20.6 Å². The third kappa shape index (κ3) is 6.26. The predicted octanol–water partition coefficient (Wildman–Crippen LogP) is 6.21. The Morgan fingerprint density at radius 3 is 2.13 bits per heavy atom. The Morgan fingerprint density at radius 1 is 0.947 bits per heavy atom. The molecule has 38 heavy (non-hydrogen) atoms. The third-order valence-electron chi connectivity index (χ3n) is 6.75. The second-order valence-electron chi connectivity index (χ2n) is 10.2. The van der Waals surface area contributed by atoms with Gasteiger partial charge in [-0.25, -0.2) is 14.8 Å². The van der Waals surface area contributed by atoms with E-state index in [0.29, 0.717) is 29.8 Å². The Balaban J connectivity index is 1.59. The summed E-state index contributed by atoms with van der Waals surface area (Å²) in [5, 5.41) is 0. The number of nitrogens with zero attached hydrogens (tertiary/aromatic N) is 4. The number of hydrogen-bond donors (Lipinski definition) is 1. The number of imidazole rings is 1. The van der Waals surface area contributed by atoms with Crippen molar-refractivity contribution in [3.63, 3.8) is 0 Å². The minimum atomic E-state index is -0.195. The first-order valence-corrected chi connectivity index (χ1v) is 13.0. The monoisotopic (exact) mass is 507 g/mol.